The molecule has 0 spiro atoms. The van der Waals surface area contributed by atoms with E-state index >= 15 is 0 Å². The molecule has 0 saturated carbocycles. The lowest BCUT2D eigenvalue weighted by atomic mass is 10.1. The Labute approximate surface area is 238 Å². The Morgan fingerprint density at radius 2 is 1.66 bits per heavy atom. The number of amides is 1. The van der Waals surface area contributed by atoms with Crippen LogP contribution in [0.2, 0.25) is 0 Å². The van der Waals surface area contributed by atoms with Crippen molar-refractivity contribution in [3.63, 3.8) is 0 Å². The zero-order chi connectivity index (χ0) is 29.7. The normalized spacial score (nSPS) is 11.3. The van der Waals surface area contributed by atoms with E-state index in [1.165, 1.54) is 12.1 Å². The summed E-state index contributed by atoms with van der Waals surface area (Å²) in [5, 5.41) is 2.94. The van der Waals surface area contributed by atoms with Gasteiger partial charge in [0.2, 0.25) is 5.91 Å². The summed E-state index contributed by atoms with van der Waals surface area (Å²) in [5.74, 6) is 0.982. The fourth-order valence-corrected chi connectivity index (χ4v) is 4.03. The van der Waals surface area contributed by atoms with Crippen LogP contribution in [-0.4, -0.2) is 62.7 Å². The molecule has 41 heavy (non-hydrogen) atoms. The monoisotopic (exact) mass is 571 g/mol. The van der Waals surface area contributed by atoms with Gasteiger partial charge < -0.3 is 24.6 Å². The molecule has 1 heterocycles. The van der Waals surface area contributed by atoms with Crippen LogP contribution in [0.5, 0.6) is 11.5 Å². The summed E-state index contributed by atoms with van der Waals surface area (Å²) in [6.07, 6.45) is -1.38. The molecular formula is C30H36F3N5O3. The average Bonchev–Trinajstić information content (AvgIpc) is 2.94. The number of nitrogens with one attached hydrogen (secondary N) is 1. The Kier molecular flexibility index (Phi) is 12.0. The number of alkyl halides is 3. The number of aromatic nitrogens is 1. The zero-order valence-corrected chi connectivity index (χ0v) is 23.4. The highest BCUT2D eigenvalue weighted by Crippen LogP contribution is 2.28. The van der Waals surface area contributed by atoms with Gasteiger partial charge in [-0.2, -0.15) is 0 Å². The summed E-state index contributed by atoms with van der Waals surface area (Å²) in [5.41, 5.74) is 2.28. The number of benzene rings is 2. The Balaban J connectivity index is 1.52. The number of halogens is 3. The van der Waals surface area contributed by atoms with Crippen molar-refractivity contribution in [2.75, 3.05) is 38.7 Å². The van der Waals surface area contributed by atoms with Gasteiger partial charge in [-0.15, -0.1) is 13.2 Å². The number of hydrogen-bond donors (Lipinski definition) is 1. The van der Waals surface area contributed by atoms with Crippen molar-refractivity contribution < 1.29 is 27.4 Å². The maximum atomic E-state index is 12.6. The number of pyridine rings is 1. The van der Waals surface area contributed by atoms with Crippen molar-refractivity contribution >= 4 is 24.1 Å². The van der Waals surface area contributed by atoms with Gasteiger partial charge in [-0.25, -0.2) is 4.98 Å². The molecule has 0 aliphatic carbocycles. The van der Waals surface area contributed by atoms with Crippen LogP contribution in [0.4, 0.5) is 24.7 Å². The predicted octanol–water partition coefficient (Wildman–Crippen LogP) is 5.75. The van der Waals surface area contributed by atoms with Gasteiger partial charge in [0.05, 0.1) is 6.61 Å². The molecule has 11 heteroatoms. The Morgan fingerprint density at radius 1 is 0.976 bits per heavy atom. The van der Waals surface area contributed by atoms with Crippen molar-refractivity contribution in [1.82, 2.24) is 15.2 Å². The van der Waals surface area contributed by atoms with E-state index in [-0.39, 0.29) is 18.1 Å². The van der Waals surface area contributed by atoms with Crippen LogP contribution in [0.15, 0.2) is 71.9 Å². The number of rotatable bonds is 16. The van der Waals surface area contributed by atoms with Gasteiger partial charge >= 0.3 is 6.36 Å². The first kappa shape index (κ1) is 31.4. The van der Waals surface area contributed by atoms with E-state index in [0.29, 0.717) is 44.2 Å². The van der Waals surface area contributed by atoms with Crippen molar-refractivity contribution in [1.29, 1.82) is 0 Å². The van der Waals surface area contributed by atoms with E-state index in [1.807, 2.05) is 43.3 Å². The van der Waals surface area contributed by atoms with Gasteiger partial charge in [0.1, 0.15) is 17.2 Å². The minimum absolute atomic E-state index is 0.0919. The number of hydrogen-bond acceptors (Lipinski definition) is 7. The number of anilines is 1. The molecule has 1 amide bonds. The molecule has 3 rings (SSSR count). The van der Waals surface area contributed by atoms with Crippen molar-refractivity contribution in [2.45, 2.75) is 38.7 Å². The second-order valence-electron chi connectivity index (χ2n) is 9.65. The smallest absolute Gasteiger partial charge is 0.494 e. The Bertz CT molecular complexity index is 1240. The number of aliphatic imine (C=N–C) groups is 1. The van der Waals surface area contributed by atoms with E-state index in [2.05, 4.69) is 31.6 Å². The topological polar surface area (TPSA) is 79.3 Å². The lowest BCUT2D eigenvalue weighted by Gasteiger charge is -2.25. The number of carbonyl (C=O) groups is 1. The third-order valence-electron chi connectivity index (χ3n) is 6.03. The lowest BCUT2D eigenvalue weighted by Crippen LogP contribution is -2.28. The molecule has 3 aromatic rings. The molecule has 0 bridgehead atoms. The molecule has 0 aliphatic rings. The molecule has 2 aromatic carbocycles. The first-order chi connectivity index (χ1) is 19.6. The lowest BCUT2D eigenvalue weighted by molar-refractivity contribution is -0.274. The van der Waals surface area contributed by atoms with E-state index in [4.69, 9.17) is 4.74 Å². The largest absolute Gasteiger partial charge is 0.573 e. The number of ether oxygens (including phenoxy) is 2. The maximum absolute atomic E-state index is 12.6. The first-order valence-corrected chi connectivity index (χ1v) is 13.3. The van der Waals surface area contributed by atoms with Crippen LogP contribution < -0.4 is 19.7 Å². The van der Waals surface area contributed by atoms with Gasteiger partial charge in [-0.05, 0) is 81.2 Å². The zero-order valence-electron chi connectivity index (χ0n) is 23.4. The molecule has 0 fully saturated rings. The first-order valence-electron chi connectivity index (χ1n) is 13.3. The van der Waals surface area contributed by atoms with Crippen LogP contribution >= 0.6 is 0 Å². The molecule has 0 unspecified atom stereocenters. The van der Waals surface area contributed by atoms with Crippen LogP contribution in [0, 0.1) is 0 Å². The molecule has 8 nitrogen and oxygen atoms in total. The Morgan fingerprint density at radius 3 is 2.32 bits per heavy atom. The van der Waals surface area contributed by atoms with Gasteiger partial charge in [0.25, 0.3) is 0 Å². The highest BCUT2D eigenvalue weighted by Gasteiger charge is 2.31. The number of nitrogens with zero attached hydrogens (tertiary/aromatic N) is 4. The maximum Gasteiger partial charge on any atom is 0.573 e. The molecule has 0 radical (unpaired) electrons. The summed E-state index contributed by atoms with van der Waals surface area (Å²) in [7, 11) is 4.05. The average molecular weight is 572 g/mol. The van der Waals surface area contributed by atoms with Crippen LogP contribution in [0.25, 0.3) is 0 Å². The quantitative estimate of drug-likeness (QED) is 0.174. The second kappa shape index (κ2) is 15.6. The van der Waals surface area contributed by atoms with Gasteiger partial charge in [0.15, 0.2) is 5.82 Å². The molecule has 0 saturated heterocycles. The summed E-state index contributed by atoms with van der Waals surface area (Å²) in [6, 6.07) is 16.8. The third-order valence-corrected chi connectivity index (χ3v) is 6.03. The van der Waals surface area contributed by atoms with Gasteiger partial charge in [0, 0.05) is 38.8 Å². The minimum atomic E-state index is -4.75. The van der Waals surface area contributed by atoms with Crippen LogP contribution in [0.3, 0.4) is 0 Å². The van der Waals surface area contributed by atoms with Crippen LogP contribution in [-0.2, 0) is 17.9 Å². The summed E-state index contributed by atoms with van der Waals surface area (Å²) in [4.78, 5) is 25.1. The summed E-state index contributed by atoms with van der Waals surface area (Å²) < 4.78 is 47.2. The molecule has 1 N–H and O–H groups in total. The predicted molar refractivity (Wildman–Crippen MR) is 154 cm³/mol. The molecule has 1 aromatic heterocycles. The SMILES string of the molecule is C=Nc1cccnc1N(CCCC(=O)NCc1ccc(OCCCN(C)C)cc1)Cc1ccc(OC(F)(F)F)cc1. The van der Waals surface area contributed by atoms with E-state index in [0.717, 1.165) is 29.8 Å². The van der Waals surface area contributed by atoms with Gasteiger partial charge in [-0.3, -0.25) is 9.79 Å². The molecule has 0 aliphatic heterocycles. The molecule has 0 atom stereocenters. The minimum Gasteiger partial charge on any atom is -0.494 e. The van der Waals surface area contributed by atoms with E-state index in [9.17, 15) is 18.0 Å². The van der Waals surface area contributed by atoms with Crippen molar-refractivity contribution in [3.8, 4) is 11.5 Å². The molecule has 220 valence electrons. The fraction of sp³-hybridized carbons (Fsp3) is 0.367. The summed E-state index contributed by atoms with van der Waals surface area (Å²) >= 11 is 0. The fourth-order valence-electron chi connectivity index (χ4n) is 4.03. The second-order valence-corrected chi connectivity index (χ2v) is 9.65. The highest BCUT2D eigenvalue weighted by molar-refractivity contribution is 5.76. The Hall–Kier alpha value is -4.12. The summed E-state index contributed by atoms with van der Waals surface area (Å²) in [6.45, 7) is 6.43. The van der Waals surface area contributed by atoms with E-state index in [1.54, 1.807) is 30.5 Å². The highest BCUT2D eigenvalue weighted by atomic mass is 19.4. The van der Waals surface area contributed by atoms with Crippen LogP contribution in [0.1, 0.15) is 30.4 Å². The standard InChI is InChI=1S/C30H36F3N5O3/c1-34-27-7-4-17-35-29(27)38(22-24-11-15-26(16-12-24)41-30(31,32)33)19-5-8-28(39)36-21-23-9-13-25(14-10-23)40-20-6-18-37(2)3/h4,7,9-17H,1,5-6,8,18-22H2,2-3H3,(H,36,39). The van der Waals surface area contributed by atoms with Crippen molar-refractivity contribution in [2.24, 2.45) is 4.99 Å². The van der Waals surface area contributed by atoms with E-state index < -0.39 is 6.36 Å². The number of carbonyl (C=O) groups excluding carboxylic acids is 1. The van der Waals surface area contributed by atoms with Crippen molar-refractivity contribution in [3.05, 3.63) is 78.0 Å². The third kappa shape index (κ3) is 11.5. The van der Waals surface area contributed by atoms with Gasteiger partial charge in [-0.1, -0.05) is 24.3 Å². The molecular weight excluding hydrogens is 535 g/mol.